The molecule has 0 bridgehead atoms. The van der Waals surface area contributed by atoms with Gasteiger partial charge in [0, 0.05) is 12.7 Å². The number of hydrogen-bond acceptors (Lipinski definition) is 5. The van der Waals surface area contributed by atoms with Gasteiger partial charge >= 0.3 is 0 Å². The van der Waals surface area contributed by atoms with Crippen molar-refractivity contribution in [3.63, 3.8) is 0 Å². The molecule has 17 heavy (non-hydrogen) atoms. The monoisotopic (exact) mass is 235 g/mol. The minimum absolute atomic E-state index is 0.214. The molecule has 2 aromatic heterocycles. The molecule has 0 aliphatic carbocycles. The average Bonchev–Trinajstić information content (AvgIpc) is 2.94. The predicted octanol–water partition coefficient (Wildman–Crippen LogP) is 0.403. The van der Waals surface area contributed by atoms with Crippen LogP contribution in [0, 0.1) is 0 Å². The van der Waals surface area contributed by atoms with Gasteiger partial charge in [-0.2, -0.15) is 4.98 Å². The molecule has 3 N–H and O–H groups in total. The number of carbonyl (C=O) groups is 1. The lowest BCUT2D eigenvalue weighted by atomic mass is 10.3. The largest absolute Gasteiger partial charge is 0.397 e. The molecule has 0 spiro atoms. The van der Waals surface area contributed by atoms with Crippen LogP contribution in [0.2, 0.25) is 0 Å². The summed E-state index contributed by atoms with van der Waals surface area (Å²) in [4.78, 5) is 15.7. The number of carbonyl (C=O) groups excluding carboxylic acids is 1. The fourth-order valence-electron chi connectivity index (χ4n) is 1.51. The molecule has 2 rings (SSSR count). The van der Waals surface area contributed by atoms with Gasteiger partial charge in [0.15, 0.2) is 5.82 Å². The highest BCUT2D eigenvalue weighted by Gasteiger charge is 2.12. The van der Waals surface area contributed by atoms with Crippen LogP contribution >= 0.6 is 0 Å². The van der Waals surface area contributed by atoms with Gasteiger partial charge in [-0.05, 0) is 13.0 Å². The van der Waals surface area contributed by atoms with Gasteiger partial charge in [-0.3, -0.25) is 4.79 Å². The topological polar surface area (TPSA) is 99.0 Å². The maximum absolute atomic E-state index is 11.9. The van der Waals surface area contributed by atoms with E-state index in [9.17, 15) is 4.79 Å². The normalized spacial score (nSPS) is 10.4. The lowest BCUT2D eigenvalue weighted by Crippen LogP contribution is -2.25. The molecule has 2 aromatic rings. The highest BCUT2D eigenvalue weighted by molar-refractivity contribution is 5.93. The summed E-state index contributed by atoms with van der Waals surface area (Å²) in [7, 11) is 0. The maximum Gasteiger partial charge on any atom is 0.268 e. The Morgan fingerprint density at radius 1 is 1.65 bits per heavy atom. The van der Waals surface area contributed by atoms with Gasteiger partial charge in [-0.25, -0.2) is 0 Å². The van der Waals surface area contributed by atoms with Crippen LogP contribution in [0.15, 0.2) is 23.2 Å². The molecule has 90 valence electrons. The molecular weight excluding hydrogens is 222 g/mol. The van der Waals surface area contributed by atoms with E-state index in [1.54, 1.807) is 16.8 Å². The first-order valence-corrected chi connectivity index (χ1v) is 5.19. The molecule has 1 amide bonds. The summed E-state index contributed by atoms with van der Waals surface area (Å²) in [5.41, 5.74) is 6.73. The molecule has 0 saturated carbocycles. The van der Waals surface area contributed by atoms with E-state index in [4.69, 9.17) is 5.73 Å². The van der Waals surface area contributed by atoms with Crippen LogP contribution in [0.5, 0.6) is 0 Å². The van der Waals surface area contributed by atoms with Crippen molar-refractivity contribution in [1.82, 2.24) is 20.0 Å². The standard InChI is InChI=1S/C10H13N5O2/c1-2-15-5-7(11)3-8(15)10(16)12-4-9-13-6-17-14-9/h3,5-6H,2,4,11H2,1H3,(H,12,16). The van der Waals surface area contributed by atoms with Crippen LogP contribution in [0.25, 0.3) is 0 Å². The van der Waals surface area contributed by atoms with Crippen molar-refractivity contribution in [2.24, 2.45) is 0 Å². The molecule has 0 aliphatic heterocycles. The second kappa shape index (κ2) is 4.69. The van der Waals surface area contributed by atoms with Gasteiger partial charge in [-0.1, -0.05) is 5.16 Å². The average molecular weight is 235 g/mol. The SMILES string of the molecule is CCn1cc(N)cc1C(=O)NCc1ncon1. The van der Waals surface area contributed by atoms with E-state index in [2.05, 4.69) is 20.0 Å². The Bertz CT molecular complexity index is 503. The Hall–Kier alpha value is -2.31. The maximum atomic E-state index is 11.9. The van der Waals surface area contributed by atoms with Gasteiger partial charge in [-0.15, -0.1) is 0 Å². The molecule has 7 heteroatoms. The fourth-order valence-corrected chi connectivity index (χ4v) is 1.51. The number of aryl methyl sites for hydroxylation is 1. The molecule has 0 unspecified atom stereocenters. The van der Waals surface area contributed by atoms with E-state index in [0.717, 1.165) is 0 Å². The van der Waals surface area contributed by atoms with E-state index < -0.39 is 0 Å². The van der Waals surface area contributed by atoms with Gasteiger partial charge < -0.3 is 20.1 Å². The van der Waals surface area contributed by atoms with E-state index in [0.29, 0.717) is 23.8 Å². The second-order valence-electron chi connectivity index (χ2n) is 3.47. The van der Waals surface area contributed by atoms with Crippen LogP contribution in [0.3, 0.4) is 0 Å². The number of hydrogen-bond donors (Lipinski definition) is 2. The van der Waals surface area contributed by atoms with Crippen molar-refractivity contribution < 1.29 is 9.32 Å². The smallest absolute Gasteiger partial charge is 0.268 e. The molecule has 0 atom stereocenters. The van der Waals surface area contributed by atoms with E-state index in [1.807, 2.05) is 6.92 Å². The Morgan fingerprint density at radius 3 is 3.12 bits per heavy atom. The lowest BCUT2D eigenvalue weighted by Gasteiger charge is -2.05. The summed E-state index contributed by atoms with van der Waals surface area (Å²) < 4.78 is 6.34. The van der Waals surface area contributed by atoms with Crippen molar-refractivity contribution >= 4 is 11.6 Å². The fraction of sp³-hybridized carbons (Fsp3) is 0.300. The summed E-state index contributed by atoms with van der Waals surface area (Å²) in [6.07, 6.45) is 2.94. The summed E-state index contributed by atoms with van der Waals surface area (Å²) in [5.74, 6) is 0.217. The minimum atomic E-state index is -0.214. The third kappa shape index (κ3) is 2.44. The zero-order valence-electron chi connectivity index (χ0n) is 9.38. The number of anilines is 1. The summed E-state index contributed by atoms with van der Waals surface area (Å²) in [6, 6.07) is 1.63. The molecule has 0 aliphatic rings. The molecule has 0 fully saturated rings. The van der Waals surface area contributed by atoms with Crippen LogP contribution in [0.1, 0.15) is 23.2 Å². The minimum Gasteiger partial charge on any atom is -0.397 e. The van der Waals surface area contributed by atoms with E-state index >= 15 is 0 Å². The van der Waals surface area contributed by atoms with Crippen LogP contribution < -0.4 is 11.1 Å². The van der Waals surface area contributed by atoms with Crippen molar-refractivity contribution in [2.45, 2.75) is 20.0 Å². The van der Waals surface area contributed by atoms with Crippen molar-refractivity contribution in [3.05, 3.63) is 30.2 Å². The van der Waals surface area contributed by atoms with E-state index in [1.165, 1.54) is 6.39 Å². The molecule has 7 nitrogen and oxygen atoms in total. The van der Waals surface area contributed by atoms with Gasteiger partial charge in [0.1, 0.15) is 5.69 Å². The molecule has 0 radical (unpaired) electrons. The lowest BCUT2D eigenvalue weighted by molar-refractivity contribution is 0.0940. The molecule has 2 heterocycles. The quantitative estimate of drug-likeness (QED) is 0.799. The number of rotatable bonds is 4. The Balaban J connectivity index is 2.04. The third-order valence-corrected chi connectivity index (χ3v) is 2.31. The van der Waals surface area contributed by atoms with Crippen LogP contribution in [-0.4, -0.2) is 20.6 Å². The number of nitrogens with two attached hydrogens (primary N) is 1. The van der Waals surface area contributed by atoms with Gasteiger partial charge in [0.05, 0.1) is 12.2 Å². The van der Waals surface area contributed by atoms with Gasteiger partial charge in [0.25, 0.3) is 5.91 Å². The summed E-state index contributed by atoms with van der Waals surface area (Å²) >= 11 is 0. The van der Waals surface area contributed by atoms with Crippen LogP contribution in [0.4, 0.5) is 5.69 Å². The van der Waals surface area contributed by atoms with Crippen LogP contribution in [-0.2, 0) is 13.1 Å². The van der Waals surface area contributed by atoms with E-state index in [-0.39, 0.29) is 12.5 Å². The first kappa shape index (κ1) is 11.2. The van der Waals surface area contributed by atoms with Gasteiger partial charge in [0.2, 0.25) is 6.39 Å². The molecule has 0 saturated heterocycles. The number of aromatic nitrogens is 3. The number of nitrogens with one attached hydrogen (secondary N) is 1. The zero-order valence-corrected chi connectivity index (χ0v) is 9.38. The Kier molecular flexibility index (Phi) is 3.08. The molecular formula is C10H13N5O2. The van der Waals surface area contributed by atoms with Crippen molar-refractivity contribution in [1.29, 1.82) is 0 Å². The molecule has 0 aromatic carbocycles. The number of amides is 1. The first-order valence-electron chi connectivity index (χ1n) is 5.19. The predicted molar refractivity (Wildman–Crippen MR) is 60.0 cm³/mol. The first-order chi connectivity index (χ1) is 8.20. The van der Waals surface area contributed by atoms with Crippen molar-refractivity contribution in [2.75, 3.05) is 5.73 Å². The second-order valence-corrected chi connectivity index (χ2v) is 3.47. The van der Waals surface area contributed by atoms with Crippen molar-refractivity contribution in [3.8, 4) is 0 Å². The third-order valence-electron chi connectivity index (χ3n) is 2.31. The Morgan fingerprint density at radius 2 is 2.47 bits per heavy atom. The summed E-state index contributed by atoms with van der Waals surface area (Å²) in [6.45, 7) is 2.85. The highest BCUT2D eigenvalue weighted by atomic mass is 16.5. The number of nitrogens with zero attached hydrogens (tertiary/aromatic N) is 3. The highest BCUT2D eigenvalue weighted by Crippen LogP contribution is 2.10. The summed E-state index contributed by atoms with van der Waals surface area (Å²) in [5, 5.41) is 6.29. The number of nitrogen functional groups attached to an aromatic ring is 1. The zero-order chi connectivity index (χ0) is 12.3. The Labute approximate surface area is 97.6 Å².